The SMILES string of the molecule is CCC1(O)C=CC(c2cc3c(n2-c2ccc(C(F)(F)F)cc2)C=CC=C=C3)=CC1. The quantitative estimate of drug-likeness (QED) is 0.617. The van der Waals surface area contributed by atoms with Crippen LogP contribution < -0.4 is 0 Å². The van der Waals surface area contributed by atoms with Crippen LogP contribution in [-0.4, -0.2) is 15.3 Å². The van der Waals surface area contributed by atoms with Crippen molar-refractivity contribution >= 4 is 17.7 Å². The molecule has 0 saturated carbocycles. The fourth-order valence-electron chi connectivity index (χ4n) is 3.57. The zero-order chi connectivity index (χ0) is 20.6. The summed E-state index contributed by atoms with van der Waals surface area (Å²) >= 11 is 0. The van der Waals surface area contributed by atoms with E-state index in [2.05, 4.69) is 5.73 Å². The largest absolute Gasteiger partial charge is 0.416 e. The van der Waals surface area contributed by atoms with Gasteiger partial charge in [0, 0.05) is 11.3 Å². The summed E-state index contributed by atoms with van der Waals surface area (Å²) in [6, 6.07) is 7.16. The van der Waals surface area contributed by atoms with Crippen LogP contribution in [0.5, 0.6) is 0 Å². The fourth-order valence-corrected chi connectivity index (χ4v) is 3.57. The van der Waals surface area contributed by atoms with Crippen molar-refractivity contribution in [2.45, 2.75) is 31.5 Å². The maximum atomic E-state index is 13.0. The highest BCUT2D eigenvalue weighted by atomic mass is 19.4. The topological polar surface area (TPSA) is 25.2 Å². The molecule has 1 heterocycles. The summed E-state index contributed by atoms with van der Waals surface area (Å²) in [4.78, 5) is 0. The van der Waals surface area contributed by atoms with Crippen molar-refractivity contribution in [1.29, 1.82) is 0 Å². The van der Waals surface area contributed by atoms with E-state index < -0.39 is 17.3 Å². The first-order chi connectivity index (χ1) is 13.8. The molecule has 2 aromatic rings. The Labute approximate surface area is 167 Å². The van der Waals surface area contributed by atoms with Gasteiger partial charge < -0.3 is 9.67 Å². The predicted octanol–water partition coefficient (Wildman–Crippen LogP) is 6.18. The third kappa shape index (κ3) is 3.67. The Kier molecular flexibility index (Phi) is 4.73. The molecule has 0 saturated heterocycles. The minimum Gasteiger partial charge on any atom is -0.385 e. The van der Waals surface area contributed by atoms with Gasteiger partial charge in [-0.15, -0.1) is 5.73 Å². The molecule has 0 aliphatic heterocycles. The molecule has 0 bridgehead atoms. The molecule has 1 aromatic heterocycles. The van der Waals surface area contributed by atoms with E-state index in [0.29, 0.717) is 18.5 Å². The van der Waals surface area contributed by atoms with Gasteiger partial charge in [0.2, 0.25) is 0 Å². The Morgan fingerprint density at radius 2 is 1.93 bits per heavy atom. The number of hydrogen-bond donors (Lipinski definition) is 1. The molecule has 2 nitrogen and oxygen atoms in total. The van der Waals surface area contributed by atoms with Gasteiger partial charge in [-0.2, -0.15) is 13.2 Å². The van der Waals surface area contributed by atoms with E-state index in [4.69, 9.17) is 0 Å². The third-order valence-corrected chi connectivity index (χ3v) is 5.36. The number of rotatable bonds is 3. The van der Waals surface area contributed by atoms with E-state index in [9.17, 15) is 18.3 Å². The molecule has 0 spiro atoms. The van der Waals surface area contributed by atoms with Gasteiger partial charge in [-0.1, -0.05) is 31.2 Å². The normalized spacial score (nSPS) is 20.5. The van der Waals surface area contributed by atoms with Gasteiger partial charge in [-0.3, -0.25) is 0 Å². The van der Waals surface area contributed by atoms with Gasteiger partial charge >= 0.3 is 6.18 Å². The third-order valence-electron chi connectivity index (χ3n) is 5.36. The minimum absolute atomic E-state index is 0.490. The summed E-state index contributed by atoms with van der Waals surface area (Å²) in [5.41, 5.74) is 5.75. The Balaban J connectivity index is 1.85. The van der Waals surface area contributed by atoms with Gasteiger partial charge in [0.25, 0.3) is 0 Å². The summed E-state index contributed by atoms with van der Waals surface area (Å²) in [6.07, 6.45) is 9.80. The maximum absolute atomic E-state index is 13.0. The molecule has 4 rings (SSSR count). The molecule has 2 aliphatic rings. The number of aliphatic hydroxyl groups is 1. The average molecular weight is 395 g/mol. The van der Waals surface area contributed by atoms with Crippen LogP contribution in [-0.2, 0) is 6.18 Å². The van der Waals surface area contributed by atoms with Gasteiger partial charge in [0.05, 0.1) is 22.6 Å². The van der Waals surface area contributed by atoms with Gasteiger partial charge in [0.15, 0.2) is 0 Å². The van der Waals surface area contributed by atoms with E-state index in [0.717, 1.165) is 34.7 Å². The molecule has 0 fully saturated rings. The number of alkyl halides is 3. The molecule has 0 amide bonds. The predicted molar refractivity (Wildman–Crippen MR) is 109 cm³/mol. The number of fused-ring (bicyclic) bond motifs is 1. The van der Waals surface area contributed by atoms with Gasteiger partial charge in [0.1, 0.15) is 0 Å². The second-order valence-electron chi connectivity index (χ2n) is 7.24. The molecular formula is C24H20F3NO. The number of halogens is 3. The van der Waals surface area contributed by atoms with Crippen LogP contribution in [0.1, 0.15) is 42.3 Å². The highest BCUT2D eigenvalue weighted by Gasteiger charge is 2.30. The maximum Gasteiger partial charge on any atom is 0.416 e. The second-order valence-corrected chi connectivity index (χ2v) is 7.24. The number of aromatic nitrogens is 1. The zero-order valence-electron chi connectivity index (χ0n) is 15.9. The summed E-state index contributed by atoms with van der Waals surface area (Å²) in [5.74, 6) is 0. The summed E-state index contributed by atoms with van der Waals surface area (Å²) in [5, 5.41) is 10.5. The first-order valence-electron chi connectivity index (χ1n) is 9.45. The van der Waals surface area contributed by atoms with Crippen molar-refractivity contribution in [2.75, 3.05) is 0 Å². The second kappa shape index (κ2) is 7.11. The van der Waals surface area contributed by atoms with Crippen LogP contribution in [0, 0.1) is 0 Å². The van der Waals surface area contributed by atoms with Crippen molar-refractivity contribution in [3.63, 3.8) is 0 Å². The highest BCUT2D eigenvalue weighted by Crippen LogP contribution is 2.35. The smallest absolute Gasteiger partial charge is 0.385 e. The van der Waals surface area contributed by atoms with E-state index in [1.165, 1.54) is 12.1 Å². The summed E-state index contributed by atoms with van der Waals surface area (Å²) < 4.78 is 40.9. The summed E-state index contributed by atoms with van der Waals surface area (Å²) in [7, 11) is 0. The van der Waals surface area contributed by atoms with Crippen LogP contribution >= 0.6 is 0 Å². The van der Waals surface area contributed by atoms with E-state index >= 15 is 0 Å². The Morgan fingerprint density at radius 1 is 1.17 bits per heavy atom. The van der Waals surface area contributed by atoms with E-state index in [-0.39, 0.29) is 0 Å². The average Bonchev–Trinajstić information content (AvgIpc) is 2.90. The van der Waals surface area contributed by atoms with Crippen LogP contribution in [0.2, 0.25) is 0 Å². The van der Waals surface area contributed by atoms with Crippen LogP contribution in [0.25, 0.3) is 23.4 Å². The van der Waals surface area contributed by atoms with Crippen molar-refractivity contribution < 1.29 is 18.3 Å². The van der Waals surface area contributed by atoms with Crippen molar-refractivity contribution in [1.82, 2.24) is 4.57 Å². The Hall–Kier alpha value is -3.01. The Bertz CT molecular complexity index is 1090. The van der Waals surface area contributed by atoms with Crippen molar-refractivity contribution in [3.05, 3.63) is 89.0 Å². The van der Waals surface area contributed by atoms with E-state index in [1.54, 1.807) is 12.2 Å². The molecule has 29 heavy (non-hydrogen) atoms. The molecule has 1 atom stereocenters. The lowest BCUT2D eigenvalue weighted by molar-refractivity contribution is -0.137. The Morgan fingerprint density at radius 3 is 2.55 bits per heavy atom. The summed E-state index contributed by atoms with van der Waals surface area (Å²) in [6.45, 7) is 1.93. The monoisotopic (exact) mass is 395 g/mol. The number of allylic oxidation sites excluding steroid dienone is 4. The molecule has 148 valence electrons. The molecule has 2 aliphatic carbocycles. The minimum atomic E-state index is -4.37. The lowest BCUT2D eigenvalue weighted by Gasteiger charge is -2.25. The number of benzene rings is 1. The fraction of sp³-hybridized carbons (Fsp3) is 0.208. The number of hydrogen-bond acceptors (Lipinski definition) is 1. The highest BCUT2D eigenvalue weighted by molar-refractivity contribution is 5.80. The molecule has 0 radical (unpaired) electrons. The standard InChI is InChI=1S/C24H20F3NO/c1-2-23(29)14-12-17(13-15-23)22-16-18-6-4-3-5-7-21(18)28(22)20-10-8-19(9-11-20)24(25,26)27/h3,5-14,16,29H,2,15H2,1H3. The number of nitrogens with zero attached hydrogens (tertiary/aromatic N) is 1. The molecule has 5 heteroatoms. The van der Waals surface area contributed by atoms with Crippen LogP contribution in [0.3, 0.4) is 0 Å². The molecular weight excluding hydrogens is 375 g/mol. The first kappa shape index (κ1) is 19.3. The van der Waals surface area contributed by atoms with Crippen LogP contribution in [0.15, 0.2) is 66.4 Å². The van der Waals surface area contributed by atoms with Crippen molar-refractivity contribution in [2.24, 2.45) is 0 Å². The zero-order valence-corrected chi connectivity index (χ0v) is 15.9. The molecule has 1 unspecified atom stereocenters. The van der Waals surface area contributed by atoms with Crippen LogP contribution in [0.4, 0.5) is 13.2 Å². The van der Waals surface area contributed by atoms with E-state index in [1.807, 2.05) is 47.9 Å². The molecule has 1 aromatic carbocycles. The molecule has 1 N–H and O–H groups in total. The lowest BCUT2D eigenvalue weighted by atomic mass is 9.89. The van der Waals surface area contributed by atoms with Gasteiger partial charge in [-0.25, -0.2) is 0 Å². The van der Waals surface area contributed by atoms with Gasteiger partial charge in [-0.05, 0) is 67.0 Å². The lowest BCUT2D eigenvalue weighted by Crippen LogP contribution is -2.25. The first-order valence-corrected chi connectivity index (χ1v) is 9.45. The van der Waals surface area contributed by atoms with Crippen molar-refractivity contribution in [3.8, 4) is 5.69 Å².